The number of hydrogen-bond donors (Lipinski definition) is 0. The number of rotatable bonds is 2. The lowest BCUT2D eigenvalue weighted by Crippen LogP contribution is -2.10. The zero-order valence-electron chi connectivity index (χ0n) is 26.3. The summed E-state index contributed by atoms with van der Waals surface area (Å²) in [5.74, 6) is 0. The molecular weight excluding hydrogens is 516 g/mol. The zero-order chi connectivity index (χ0) is 29.9. The second kappa shape index (κ2) is 10.1. The molecule has 0 saturated heterocycles. The van der Waals surface area contributed by atoms with E-state index in [9.17, 15) is 0 Å². The van der Waals surface area contributed by atoms with Gasteiger partial charge in [-0.1, -0.05) is 163 Å². The summed E-state index contributed by atoms with van der Waals surface area (Å²) >= 11 is 0. The van der Waals surface area contributed by atoms with Gasteiger partial charge in [-0.05, 0) is 94.1 Å². The Kier molecular flexibility index (Phi) is 6.44. The molecule has 0 N–H and O–H groups in total. The fourth-order valence-electron chi connectivity index (χ4n) is 6.87. The van der Waals surface area contributed by atoms with Gasteiger partial charge in [-0.25, -0.2) is 0 Å². The van der Waals surface area contributed by atoms with Crippen LogP contribution in [0.4, 0.5) is 0 Å². The van der Waals surface area contributed by atoms with E-state index in [4.69, 9.17) is 0 Å². The summed E-state index contributed by atoms with van der Waals surface area (Å²) in [4.78, 5) is 0. The van der Waals surface area contributed by atoms with E-state index in [0.29, 0.717) is 0 Å². The molecule has 43 heavy (non-hydrogen) atoms. The maximum absolute atomic E-state index is 2.37. The fraction of sp³-hybridized carbons (Fsp3) is 0.209. The summed E-state index contributed by atoms with van der Waals surface area (Å²) in [5, 5.41) is 7.90. The van der Waals surface area contributed by atoms with E-state index in [1.807, 2.05) is 0 Å². The topological polar surface area (TPSA) is 0 Å². The molecule has 0 heteroatoms. The van der Waals surface area contributed by atoms with Crippen LogP contribution in [0.2, 0.25) is 0 Å². The van der Waals surface area contributed by atoms with Crippen molar-refractivity contribution in [3.05, 3.63) is 131 Å². The molecule has 6 aromatic carbocycles. The molecule has 212 valence electrons. The average molecular weight is 557 g/mol. The van der Waals surface area contributed by atoms with E-state index >= 15 is 0 Å². The maximum Gasteiger partial charge on any atom is -0.000764 e. The van der Waals surface area contributed by atoms with Crippen LogP contribution in [0.15, 0.2) is 109 Å². The predicted molar refractivity (Wildman–Crippen MR) is 190 cm³/mol. The Labute approximate surface area is 256 Å². The molecule has 0 saturated carbocycles. The van der Waals surface area contributed by atoms with E-state index in [1.165, 1.54) is 76.8 Å². The van der Waals surface area contributed by atoms with Gasteiger partial charge in [0, 0.05) is 0 Å². The van der Waals surface area contributed by atoms with Gasteiger partial charge < -0.3 is 0 Å². The highest BCUT2D eigenvalue weighted by molar-refractivity contribution is 6.31. The molecular formula is C43H40. The van der Waals surface area contributed by atoms with Gasteiger partial charge in [-0.15, -0.1) is 0 Å². The largest absolute Gasteiger partial charge is 0.0801 e. The minimum Gasteiger partial charge on any atom is -0.0801 e. The van der Waals surface area contributed by atoms with Crippen molar-refractivity contribution in [2.24, 2.45) is 0 Å². The Hall–Kier alpha value is -4.42. The fourth-order valence-corrected chi connectivity index (χ4v) is 6.87. The van der Waals surface area contributed by atoms with Crippen LogP contribution in [-0.2, 0) is 10.8 Å². The molecule has 1 aliphatic rings. The number of hydrogen-bond acceptors (Lipinski definition) is 0. The van der Waals surface area contributed by atoms with Crippen molar-refractivity contribution < 1.29 is 0 Å². The molecule has 0 atom stereocenters. The second-order valence-corrected chi connectivity index (χ2v) is 14.1. The average Bonchev–Trinajstić information content (AvgIpc) is 3.26. The molecule has 0 heterocycles. The normalized spacial score (nSPS) is 13.5. The molecule has 0 aliphatic heterocycles. The van der Waals surface area contributed by atoms with Crippen LogP contribution in [0.25, 0.3) is 66.7 Å². The lowest BCUT2D eigenvalue weighted by molar-refractivity contribution is 0.590. The van der Waals surface area contributed by atoms with Crippen molar-refractivity contribution in [2.45, 2.75) is 58.8 Å². The van der Waals surface area contributed by atoms with Gasteiger partial charge in [0.2, 0.25) is 0 Å². The summed E-state index contributed by atoms with van der Waals surface area (Å²) in [5.41, 5.74) is 10.7. The minimum absolute atomic E-state index is 0.104. The summed E-state index contributed by atoms with van der Waals surface area (Å²) in [6.45, 7) is 13.7. The van der Waals surface area contributed by atoms with E-state index in [1.54, 1.807) is 0 Å². The van der Waals surface area contributed by atoms with Crippen LogP contribution in [0.1, 0.15) is 70.2 Å². The number of fused-ring (bicyclic) bond motifs is 7. The predicted octanol–water partition coefficient (Wildman–Crippen LogP) is 12.5. The van der Waals surface area contributed by atoms with E-state index in [-0.39, 0.29) is 10.8 Å². The molecule has 7 rings (SSSR count). The monoisotopic (exact) mass is 556 g/mol. The van der Waals surface area contributed by atoms with Crippen molar-refractivity contribution in [3.8, 4) is 22.3 Å². The van der Waals surface area contributed by atoms with Crippen LogP contribution < -0.4 is 0 Å². The molecule has 0 aromatic heterocycles. The van der Waals surface area contributed by atoms with Gasteiger partial charge in [-0.3, -0.25) is 0 Å². The Morgan fingerprint density at radius 1 is 0.419 bits per heavy atom. The van der Waals surface area contributed by atoms with Crippen molar-refractivity contribution >= 4 is 44.5 Å². The molecule has 0 unspecified atom stereocenters. The lowest BCUT2D eigenvalue weighted by Gasteiger charge is -2.24. The first-order valence-corrected chi connectivity index (χ1v) is 15.6. The smallest absolute Gasteiger partial charge is 0.000764 e. The summed E-state index contributed by atoms with van der Waals surface area (Å²) < 4.78 is 0. The van der Waals surface area contributed by atoms with E-state index in [0.717, 1.165) is 6.42 Å². The van der Waals surface area contributed by atoms with Crippen LogP contribution in [0.3, 0.4) is 0 Å². The van der Waals surface area contributed by atoms with Crippen molar-refractivity contribution in [2.75, 3.05) is 0 Å². The van der Waals surface area contributed by atoms with Gasteiger partial charge in [0.1, 0.15) is 0 Å². The Balaban J connectivity index is 1.71. The molecule has 0 radical (unpaired) electrons. The van der Waals surface area contributed by atoms with Crippen LogP contribution in [0.5, 0.6) is 0 Å². The van der Waals surface area contributed by atoms with Gasteiger partial charge in [0.05, 0.1) is 0 Å². The van der Waals surface area contributed by atoms with Gasteiger partial charge in [-0.2, -0.15) is 0 Å². The minimum atomic E-state index is 0.104. The highest BCUT2D eigenvalue weighted by atomic mass is 14.3. The van der Waals surface area contributed by atoms with Crippen molar-refractivity contribution in [3.63, 3.8) is 0 Å². The summed E-state index contributed by atoms with van der Waals surface area (Å²) in [6, 6.07) is 36.7. The third kappa shape index (κ3) is 4.61. The quantitative estimate of drug-likeness (QED) is 0.147. The standard InChI is InChI=1S/C43H40/c1-42(2,3)30-24-20-28(21-25-30)38-36-18-12-13-19-37(36)39(29-22-26-31(27-23-29)43(4,5)6)41-35-17-11-10-15-33(35)32-14-8-7-9-16-34(32)40(38)41/h8-27H,7H2,1-6H3. The van der Waals surface area contributed by atoms with Crippen molar-refractivity contribution in [1.82, 2.24) is 0 Å². The lowest BCUT2D eigenvalue weighted by atomic mass is 9.79. The zero-order valence-corrected chi connectivity index (χ0v) is 26.3. The third-order valence-electron chi connectivity index (χ3n) is 9.18. The maximum atomic E-state index is 2.37. The summed E-state index contributed by atoms with van der Waals surface area (Å²) in [6.07, 6.45) is 10.3. The Morgan fingerprint density at radius 3 is 1.33 bits per heavy atom. The second-order valence-electron chi connectivity index (χ2n) is 14.1. The first-order valence-electron chi connectivity index (χ1n) is 15.6. The van der Waals surface area contributed by atoms with E-state index in [2.05, 4.69) is 163 Å². The Morgan fingerprint density at radius 2 is 0.837 bits per heavy atom. The van der Waals surface area contributed by atoms with Crippen LogP contribution in [-0.4, -0.2) is 0 Å². The number of benzene rings is 6. The van der Waals surface area contributed by atoms with E-state index < -0.39 is 0 Å². The highest BCUT2D eigenvalue weighted by Gasteiger charge is 2.24. The first-order chi connectivity index (χ1) is 20.6. The Bertz CT molecular complexity index is 2070. The summed E-state index contributed by atoms with van der Waals surface area (Å²) in [7, 11) is 0. The molecule has 0 spiro atoms. The van der Waals surface area contributed by atoms with Gasteiger partial charge in [0.25, 0.3) is 0 Å². The third-order valence-corrected chi connectivity index (χ3v) is 9.18. The highest BCUT2D eigenvalue weighted by Crippen LogP contribution is 2.49. The van der Waals surface area contributed by atoms with Crippen LogP contribution >= 0.6 is 0 Å². The van der Waals surface area contributed by atoms with Crippen molar-refractivity contribution in [1.29, 1.82) is 0 Å². The number of allylic oxidation sites excluding steroid dienone is 2. The molecule has 0 amide bonds. The molecule has 1 aliphatic carbocycles. The molecule has 0 bridgehead atoms. The van der Waals surface area contributed by atoms with Gasteiger partial charge in [0.15, 0.2) is 0 Å². The van der Waals surface area contributed by atoms with Gasteiger partial charge >= 0.3 is 0 Å². The molecule has 0 fully saturated rings. The SMILES string of the molecule is CC(C)(C)c1ccc(-c2c3ccccc3c(-c3ccc(C(C)(C)C)cc3)c3c2c2c(c4ccccc43)C=CCC=C2)cc1. The molecule has 6 aromatic rings. The van der Waals surface area contributed by atoms with Crippen LogP contribution in [0, 0.1) is 0 Å². The first kappa shape index (κ1) is 27.4. The molecule has 0 nitrogen and oxygen atoms in total.